The third-order valence-corrected chi connectivity index (χ3v) is 7.25. The van der Waals surface area contributed by atoms with Crippen LogP contribution in [0.2, 0.25) is 0 Å². The van der Waals surface area contributed by atoms with Crippen LogP contribution >= 0.6 is 0 Å². The molecule has 1 aromatic carbocycles. The van der Waals surface area contributed by atoms with Crippen LogP contribution in [-0.4, -0.2) is 55.9 Å². The zero-order valence-corrected chi connectivity index (χ0v) is 18.4. The van der Waals surface area contributed by atoms with Crippen LogP contribution in [0.5, 0.6) is 5.75 Å². The lowest BCUT2D eigenvalue weighted by molar-refractivity contribution is -0.918. The molecule has 2 aliphatic heterocycles. The van der Waals surface area contributed by atoms with E-state index in [4.69, 9.17) is 4.74 Å². The van der Waals surface area contributed by atoms with Gasteiger partial charge in [-0.15, -0.1) is 0 Å². The van der Waals surface area contributed by atoms with Crippen LogP contribution < -0.4 is 15.0 Å². The minimum Gasteiger partial charge on any atom is -0.497 e. The lowest BCUT2D eigenvalue weighted by Gasteiger charge is -2.25. The van der Waals surface area contributed by atoms with E-state index in [-0.39, 0.29) is 48.6 Å². The number of hydrogen-bond acceptors (Lipinski definition) is 4. The first-order valence-corrected chi connectivity index (χ1v) is 11.7. The average molecular weight is 429 g/mol. The average Bonchev–Trinajstić information content (AvgIpc) is 3.41. The number of nitrogens with zero attached hydrogens (tertiary/aromatic N) is 1. The van der Waals surface area contributed by atoms with Gasteiger partial charge in [0.2, 0.25) is 17.7 Å². The normalized spacial score (nSPS) is 24.9. The molecule has 1 aliphatic carbocycles. The van der Waals surface area contributed by atoms with Gasteiger partial charge in [-0.2, -0.15) is 0 Å². The number of carbonyl (C=O) groups excluding carboxylic acids is 3. The van der Waals surface area contributed by atoms with Crippen LogP contribution in [-0.2, 0) is 14.4 Å². The molecule has 3 amide bonds. The smallest absolute Gasteiger partial charge is 0.233 e. The second-order valence-electron chi connectivity index (χ2n) is 9.07. The van der Waals surface area contributed by atoms with E-state index in [2.05, 4.69) is 17.4 Å². The molecule has 168 valence electrons. The number of likely N-dealkylation sites (tertiary alicyclic amines) is 2. The molecule has 0 bridgehead atoms. The zero-order valence-electron chi connectivity index (χ0n) is 18.4. The van der Waals surface area contributed by atoms with Crippen LogP contribution in [0.1, 0.15) is 56.6 Å². The highest BCUT2D eigenvalue weighted by atomic mass is 16.5. The molecule has 1 aromatic rings. The van der Waals surface area contributed by atoms with E-state index in [1.807, 2.05) is 12.1 Å². The minimum atomic E-state index is -0.150. The standard InChI is InChI=1S/C24H33N3O4/c1-31-18-10-8-17(9-11-18)21(26-13-4-5-14-26)16-25-22(28)12-15-27-23(29)19-6-2-3-7-20(19)24(27)30/h8-11,19-21H,2-7,12-16H2,1H3,(H,25,28)/p+1/t19-,20+,21-/m0/s1. The fourth-order valence-electron chi connectivity index (χ4n) is 5.48. The van der Waals surface area contributed by atoms with Crippen LogP contribution in [0.4, 0.5) is 0 Å². The van der Waals surface area contributed by atoms with Crippen molar-refractivity contribution in [2.24, 2.45) is 11.8 Å². The molecule has 3 aliphatic rings. The van der Waals surface area contributed by atoms with Gasteiger partial charge in [-0.1, -0.05) is 12.8 Å². The summed E-state index contributed by atoms with van der Waals surface area (Å²) in [7, 11) is 1.66. The van der Waals surface area contributed by atoms with Crippen molar-refractivity contribution >= 4 is 17.7 Å². The summed E-state index contributed by atoms with van der Waals surface area (Å²) >= 11 is 0. The largest absolute Gasteiger partial charge is 0.497 e. The Hall–Kier alpha value is -2.41. The van der Waals surface area contributed by atoms with Crippen LogP contribution in [0, 0.1) is 11.8 Å². The van der Waals surface area contributed by atoms with E-state index in [0.29, 0.717) is 6.54 Å². The lowest BCUT2D eigenvalue weighted by atomic mass is 9.81. The van der Waals surface area contributed by atoms with Gasteiger partial charge in [0.25, 0.3) is 0 Å². The summed E-state index contributed by atoms with van der Waals surface area (Å²) in [5, 5.41) is 3.06. The molecular weight excluding hydrogens is 394 g/mol. The number of carbonyl (C=O) groups is 3. The second kappa shape index (κ2) is 9.81. The molecule has 1 saturated carbocycles. The molecule has 2 N–H and O–H groups in total. The molecule has 7 nitrogen and oxygen atoms in total. The summed E-state index contributed by atoms with van der Waals surface area (Å²) in [5.41, 5.74) is 1.19. The molecule has 3 atom stereocenters. The van der Waals surface area contributed by atoms with Crippen molar-refractivity contribution < 1.29 is 24.0 Å². The summed E-state index contributed by atoms with van der Waals surface area (Å²) in [6, 6.07) is 8.26. The highest BCUT2D eigenvalue weighted by molar-refractivity contribution is 6.05. The van der Waals surface area contributed by atoms with Crippen molar-refractivity contribution in [2.45, 2.75) is 51.0 Å². The first-order valence-electron chi connectivity index (χ1n) is 11.7. The number of ether oxygens (including phenoxy) is 1. The van der Waals surface area contributed by atoms with Crippen LogP contribution in [0.25, 0.3) is 0 Å². The Balaban J connectivity index is 1.32. The number of nitrogens with one attached hydrogen (secondary N) is 2. The van der Waals surface area contributed by atoms with Crippen molar-refractivity contribution in [1.82, 2.24) is 10.2 Å². The molecular formula is C24H34N3O4+. The van der Waals surface area contributed by atoms with E-state index in [1.54, 1.807) is 7.11 Å². The Kier molecular flexibility index (Phi) is 6.90. The number of methoxy groups -OCH3 is 1. The number of amides is 3. The Morgan fingerprint density at radius 2 is 1.68 bits per heavy atom. The van der Waals surface area contributed by atoms with Crippen molar-refractivity contribution in [3.63, 3.8) is 0 Å². The van der Waals surface area contributed by atoms with Crippen molar-refractivity contribution in [3.8, 4) is 5.75 Å². The molecule has 2 saturated heterocycles. The van der Waals surface area contributed by atoms with Crippen LogP contribution in [0.3, 0.4) is 0 Å². The summed E-state index contributed by atoms with van der Waals surface area (Å²) < 4.78 is 5.27. The van der Waals surface area contributed by atoms with Gasteiger partial charge < -0.3 is 15.0 Å². The molecule has 0 aromatic heterocycles. The van der Waals surface area contributed by atoms with E-state index in [9.17, 15) is 14.4 Å². The van der Waals surface area contributed by atoms with E-state index < -0.39 is 0 Å². The molecule has 4 rings (SSSR count). The maximum Gasteiger partial charge on any atom is 0.233 e. The summed E-state index contributed by atoms with van der Waals surface area (Å²) in [6.07, 6.45) is 6.22. The molecule has 0 spiro atoms. The number of rotatable bonds is 8. The molecule has 2 heterocycles. The highest BCUT2D eigenvalue weighted by Gasteiger charge is 2.47. The Morgan fingerprint density at radius 3 is 2.26 bits per heavy atom. The van der Waals surface area contributed by atoms with Gasteiger partial charge in [0.05, 0.1) is 38.6 Å². The first kappa shape index (κ1) is 21.8. The maximum absolute atomic E-state index is 12.6. The number of hydrogen-bond donors (Lipinski definition) is 2. The van der Waals surface area contributed by atoms with Gasteiger partial charge in [0, 0.05) is 31.4 Å². The number of fused-ring (bicyclic) bond motifs is 1. The molecule has 7 heteroatoms. The molecule has 3 fully saturated rings. The number of quaternary nitrogens is 1. The number of imide groups is 1. The zero-order chi connectivity index (χ0) is 21.8. The van der Waals surface area contributed by atoms with Gasteiger partial charge in [-0.25, -0.2) is 0 Å². The Bertz CT molecular complexity index is 780. The summed E-state index contributed by atoms with van der Waals surface area (Å²) in [4.78, 5) is 40.6. The number of benzene rings is 1. The maximum atomic E-state index is 12.6. The fraction of sp³-hybridized carbons (Fsp3) is 0.625. The first-order chi connectivity index (χ1) is 15.1. The fourth-order valence-corrected chi connectivity index (χ4v) is 5.48. The molecule has 31 heavy (non-hydrogen) atoms. The lowest BCUT2D eigenvalue weighted by Crippen LogP contribution is -3.11. The molecule has 0 unspecified atom stereocenters. The van der Waals surface area contributed by atoms with Crippen molar-refractivity contribution in [2.75, 3.05) is 33.3 Å². The SMILES string of the molecule is COc1ccc([C@H](CNC(=O)CCN2C(=O)[C@H]3CCCC[C@H]3C2=O)[NH+]2CCCC2)cc1. The highest BCUT2D eigenvalue weighted by Crippen LogP contribution is 2.37. The van der Waals surface area contributed by atoms with E-state index in [1.165, 1.54) is 28.2 Å². The van der Waals surface area contributed by atoms with Gasteiger partial charge in [0.15, 0.2) is 0 Å². The molecule has 0 radical (unpaired) electrons. The summed E-state index contributed by atoms with van der Waals surface area (Å²) in [5.74, 6) is 0.279. The quantitative estimate of drug-likeness (QED) is 0.608. The van der Waals surface area contributed by atoms with Crippen LogP contribution in [0.15, 0.2) is 24.3 Å². The van der Waals surface area contributed by atoms with Crippen molar-refractivity contribution in [1.29, 1.82) is 0 Å². The van der Waals surface area contributed by atoms with Gasteiger partial charge in [0.1, 0.15) is 11.8 Å². The monoisotopic (exact) mass is 428 g/mol. The predicted octanol–water partition coefficient (Wildman–Crippen LogP) is 1.10. The third kappa shape index (κ3) is 4.76. The predicted molar refractivity (Wildman–Crippen MR) is 115 cm³/mol. The van der Waals surface area contributed by atoms with Crippen molar-refractivity contribution in [3.05, 3.63) is 29.8 Å². The minimum absolute atomic E-state index is 0.0693. The van der Waals surface area contributed by atoms with Gasteiger partial charge >= 0.3 is 0 Å². The third-order valence-electron chi connectivity index (χ3n) is 7.25. The topological polar surface area (TPSA) is 80.2 Å². The van der Waals surface area contributed by atoms with Gasteiger partial charge in [-0.3, -0.25) is 19.3 Å². The second-order valence-corrected chi connectivity index (χ2v) is 9.07. The Morgan fingerprint density at radius 1 is 1.06 bits per heavy atom. The Labute approximate surface area is 184 Å². The van der Waals surface area contributed by atoms with Gasteiger partial charge in [-0.05, 0) is 37.1 Å². The van der Waals surface area contributed by atoms with E-state index in [0.717, 1.165) is 44.5 Å². The van der Waals surface area contributed by atoms with E-state index >= 15 is 0 Å². The summed E-state index contributed by atoms with van der Waals surface area (Å²) in [6.45, 7) is 2.95.